The van der Waals surface area contributed by atoms with E-state index < -0.39 is 18.1 Å². The van der Waals surface area contributed by atoms with Crippen LogP contribution < -0.4 is 0 Å². The average Bonchev–Trinajstić information content (AvgIpc) is 2.48. The molecule has 1 N–H and O–H groups in total. The summed E-state index contributed by atoms with van der Waals surface area (Å²) in [5.74, 6) is -0.999. The van der Waals surface area contributed by atoms with Crippen LogP contribution in [0.2, 0.25) is 0 Å². The Bertz CT molecular complexity index is 492. The van der Waals surface area contributed by atoms with Crippen LogP contribution in [0.25, 0.3) is 0 Å². The lowest BCUT2D eigenvalue weighted by Crippen LogP contribution is -2.58. The lowest BCUT2D eigenvalue weighted by Gasteiger charge is -2.38. The zero-order chi connectivity index (χ0) is 15.2. The van der Waals surface area contributed by atoms with Crippen molar-refractivity contribution in [3.05, 3.63) is 35.9 Å². The molecule has 114 valence electrons. The van der Waals surface area contributed by atoms with E-state index in [2.05, 4.69) is 0 Å². The number of rotatable bonds is 4. The Kier molecular flexibility index (Phi) is 5.16. The molecule has 1 aliphatic heterocycles. The van der Waals surface area contributed by atoms with Gasteiger partial charge in [0.25, 0.3) is 0 Å². The summed E-state index contributed by atoms with van der Waals surface area (Å²) in [6.45, 7) is 3.94. The van der Waals surface area contributed by atoms with Gasteiger partial charge in [0, 0.05) is 26.2 Å². The fourth-order valence-corrected chi connectivity index (χ4v) is 2.46. The maximum absolute atomic E-state index is 11.8. The van der Waals surface area contributed by atoms with Crippen molar-refractivity contribution in [3.8, 4) is 0 Å². The van der Waals surface area contributed by atoms with Gasteiger partial charge < -0.3 is 9.84 Å². The molecule has 0 saturated carbocycles. The molecule has 0 aromatic heterocycles. The van der Waals surface area contributed by atoms with Crippen LogP contribution in [0.15, 0.2) is 30.3 Å². The second-order valence-electron chi connectivity index (χ2n) is 4.97. The summed E-state index contributed by atoms with van der Waals surface area (Å²) >= 11 is 0. The van der Waals surface area contributed by atoms with E-state index in [4.69, 9.17) is 4.74 Å². The maximum atomic E-state index is 11.8. The third-order valence-corrected chi connectivity index (χ3v) is 3.50. The lowest BCUT2D eigenvalue weighted by molar-refractivity contribution is -0.145. The number of benzene rings is 1. The molecule has 1 unspecified atom stereocenters. The van der Waals surface area contributed by atoms with Gasteiger partial charge in [0.2, 0.25) is 0 Å². The molecule has 1 aromatic rings. The molecule has 0 radical (unpaired) electrons. The number of carbonyl (C=O) groups excluding carboxylic acids is 1. The molecule has 1 saturated heterocycles. The van der Waals surface area contributed by atoms with Crippen LogP contribution in [0.3, 0.4) is 0 Å². The Hall–Kier alpha value is -2.08. The maximum Gasteiger partial charge on any atom is 0.410 e. The van der Waals surface area contributed by atoms with Crippen molar-refractivity contribution in [2.45, 2.75) is 19.5 Å². The van der Waals surface area contributed by atoms with Crippen LogP contribution in [-0.4, -0.2) is 59.3 Å². The van der Waals surface area contributed by atoms with E-state index in [0.717, 1.165) is 5.56 Å². The van der Waals surface area contributed by atoms with Gasteiger partial charge in [-0.3, -0.25) is 9.80 Å². The van der Waals surface area contributed by atoms with Crippen molar-refractivity contribution >= 4 is 12.1 Å². The van der Waals surface area contributed by atoms with Gasteiger partial charge in [-0.1, -0.05) is 30.3 Å². The highest BCUT2D eigenvalue weighted by molar-refractivity contribution is 5.80. The highest BCUT2D eigenvalue weighted by Gasteiger charge is 2.36. The lowest BCUT2D eigenvalue weighted by atomic mass is 10.1. The standard InChI is InChI=1S/C15H20N2O4/c1-2-21-15(20)17-9-8-16(11-13(17)14(18)19)10-12-6-4-3-5-7-12/h3-7,13H,2,8-11H2,1H3,(H,18,19). The van der Waals surface area contributed by atoms with Crippen molar-refractivity contribution in [3.63, 3.8) is 0 Å². The zero-order valence-electron chi connectivity index (χ0n) is 12.1. The minimum absolute atomic E-state index is 0.245. The number of ether oxygens (including phenoxy) is 1. The highest BCUT2D eigenvalue weighted by Crippen LogP contribution is 2.14. The highest BCUT2D eigenvalue weighted by atomic mass is 16.6. The summed E-state index contributed by atoms with van der Waals surface area (Å²) in [7, 11) is 0. The van der Waals surface area contributed by atoms with Gasteiger partial charge in [0.05, 0.1) is 6.61 Å². The Morgan fingerprint density at radius 2 is 2.00 bits per heavy atom. The fourth-order valence-electron chi connectivity index (χ4n) is 2.46. The molecule has 6 nitrogen and oxygen atoms in total. The van der Waals surface area contributed by atoms with E-state index >= 15 is 0 Å². The molecule has 2 rings (SSSR count). The third-order valence-electron chi connectivity index (χ3n) is 3.50. The molecule has 1 aromatic carbocycles. The van der Waals surface area contributed by atoms with Crippen molar-refractivity contribution in [1.82, 2.24) is 9.80 Å². The minimum atomic E-state index is -0.999. The van der Waals surface area contributed by atoms with E-state index in [-0.39, 0.29) is 6.61 Å². The Balaban J connectivity index is 2.01. The first-order valence-corrected chi connectivity index (χ1v) is 7.04. The molecule has 1 fully saturated rings. The van der Waals surface area contributed by atoms with E-state index in [1.807, 2.05) is 35.2 Å². The second kappa shape index (κ2) is 7.08. The number of carbonyl (C=O) groups is 2. The minimum Gasteiger partial charge on any atom is -0.480 e. The van der Waals surface area contributed by atoms with Gasteiger partial charge in [0.15, 0.2) is 0 Å². The summed E-state index contributed by atoms with van der Waals surface area (Å²) < 4.78 is 4.92. The molecule has 1 atom stereocenters. The topological polar surface area (TPSA) is 70.1 Å². The van der Waals surface area contributed by atoms with Gasteiger partial charge in [-0.25, -0.2) is 9.59 Å². The molecule has 21 heavy (non-hydrogen) atoms. The molecule has 1 aliphatic rings. The average molecular weight is 292 g/mol. The number of hydrogen-bond donors (Lipinski definition) is 1. The van der Waals surface area contributed by atoms with Crippen molar-refractivity contribution in [2.24, 2.45) is 0 Å². The van der Waals surface area contributed by atoms with Crippen LogP contribution >= 0.6 is 0 Å². The Morgan fingerprint density at radius 1 is 1.29 bits per heavy atom. The van der Waals surface area contributed by atoms with Crippen LogP contribution in [0.4, 0.5) is 4.79 Å². The van der Waals surface area contributed by atoms with E-state index in [1.165, 1.54) is 4.90 Å². The predicted octanol–water partition coefficient (Wildman–Crippen LogP) is 1.41. The van der Waals surface area contributed by atoms with Crippen LogP contribution in [-0.2, 0) is 16.1 Å². The quantitative estimate of drug-likeness (QED) is 0.908. The van der Waals surface area contributed by atoms with Gasteiger partial charge in [-0.05, 0) is 12.5 Å². The van der Waals surface area contributed by atoms with E-state index in [0.29, 0.717) is 26.2 Å². The number of hydrogen-bond acceptors (Lipinski definition) is 4. The van der Waals surface area contributed by atoms with Gasteiger partial charge in [-0.15, -0.1) is 0 Å². The third kappa shape index (κ3) is 3.95. The van der Waals surface area contributed by atoms with Gasteiger partial charge >= 0.3 is 12.1 Å². The van der Waals surface area contributed by atoms with E-state index in [1.54, 1.807) is 6.92 Å². The molecule has 0 bridgehead atoms. The number of carboxylic acid groups (broad SMARTS) is 1. The number of aliphatic carboxylic acids is 1. The second-order valence-corrected chi connectivity index (χ2v) is 4.97. The summed E-state index contributed by atoms with van der Waals surface area (Å²) in [6, 6.07) is 9.02. The summed E-state index contributed by atoms with van der Waals surface area (Å²) in [6.07, 6.45) is -0.552. The Labute approximate surface area is 123 Å². The molecular weight excluding hydrogens is 272 g/mol. The van der Waals surface area contributed by atoms with Crippen LogP contribution in [0.1, 0.15) is 12.5 Å². The molecule has 1 amide bonds. The number of carboxylic acids is 1. The molecule has 1 heterocycles. The van der Waals surface area contributed by atoms with E-state index in [9.17, 15) is 14.7 Å². The van der Waals surface area contributed by atoms with Crippen molar-refractivity contribution in [1.29, 1.82) is 0 Å². The molecule has 0 aliphatic carbocycles. The van der Waals surface area contributed by atoms with Crippen LogP contribution in [0, 0.1) is 0 Å². The summed E-state index contributed by atoms with van der Waals surface area (Å²) in [5, 5.41) is 9.33. The van der Waals surface area contributed by atoms with Crippen LogP contribution in [0.5, 0.6) is 0 Å². The summed E-state index contributed by atoms with van der Waals surface area (Å²) in [5.41, 5.74) is 1.13. The number of piperazine rings is 1. The largest absolute Gasteiger partial charge is 0.480 e. The number of amides is 1. The monoisotopic (exact) mass is 292 g/mol. The van der Waals surface area contributed by atoms with Gasteiger partial charge in [-0.2, -0.15) is 0 Å². The van der Waals surface area contributed by atoms with Gasteiger partial charge in [0.1, 0.15) is 6.04 Å². The first-order chi connectivity index (χ1) is 10.1. The van der Waals surface area contributed by atoms with Crippen molar-refractivity contribution < 1.29 is 19.4 Å². The predicted molar refractivity (Wildman–Crippen MR) is 76.9 cm³/mol. The fraction of sp³-hybridized carbons (Fsp3) is 0.467. The molecular formula is C15H20N2O4. The number of nitrogens with zero attached hydrogens (tertiary/aromatic N) is 2. The Morgan fingerprint density at radius 3 is 2.62 bits per heavy atom. The molecule has 6 heteroatoms. The summed E-state index contributed by atoms with van der Waals surface area (Å²) in [4.78, 5) is 26.5. The zero-order valence-corrected chi connectivity index (χ0v) is 12.1. The normalized spacial score (nSPS) is 19.3. The first-order valence-electron chi connectivity index (χ1n) is 7.04. The SMILES string of the molecule is CCOC(=O)N1CCN(Cc2ccccc2)CC1C(=O)O. The first kappa shape index (κ1) is 15.3. The smallest absolute Gasteiger partial charge is 0.410 e. The molecule has 0 spiro atoms. The van der Waals surface area contributed by atoms with Crippen molar-refractivity contribution in [2.75, 3.05) is 26.2 Å².